The van der Waals surface area contributed by atoms with Crippen LogP contribution in [-0.2, 0) is 0 Å². The topological polar surface area (TPSA) is 20.2 Å². The van der Waals surface area contributed by atoms with E-state index in [1.54, 1.807) is 0 Å². The van der Waals surface area contributed by atoms with E-state index >= 15 is 0 Å². The first-order valence-electron chi connectivity index (χ1n) is 3.16. The Labute approximate surface area is 69.2 Å². The fraction of sp³-hybridized carbons (Fsp3) is 0.714. The van der Waals surface area contributed by atoms with E-state index in [1.807, 2.05) is 6.08 Å². The molecule has 0 bridgehead atoms. The molecule has 0 amide bonds. The van der Waals surface area contributed by atoms with Gasteiger partial charge in [0.25, 0.3) is 0 Å². The van der Waals surface area contributed by atoms with Crippen LogP contribution in [0, 0.1) is 0 Å². The lowest BCUT2D eigenvalue weighted by atomic mass is 10.4. The SMILES string of the molecule is C=CC[N+](C)(C)CCO.Cl. The highest BCUT2D eigenvalue weighted by Crippen LogP contribution is 1.93. The molecule has 0 saturated carbocycles. The van der Waals surface area contributed by atoms with Crippen molar-refractivity contribution < 1.29 is 9.59 Å². The van der Waals surface area contributed by atoms with Gasteiger partial charge < -0.3 is 9.59 Å². The summed E-state index contributed by atoms with van der Waals surface area (Å²) in [6.45, 7) is 5.60. The normalized spacial score (nSPS) is 10.3. The molecule has 0 unspecified atom stereocenters. The maximum Gasteiger partial charge on any atom is 0.102 e. The molecule has 0 rings (SSSR count). The average Bonchev–Trinajstić information content (AvgIpc) is 1.64. The number of rotatable bonds is 4. The number of hydrogen-bond donors (Lipinski definition) is 1. The van der Waals surface area contributed by atoms with E-state index in [0.29, 0.717) is 0 Å². The van der Waals surface area contributed by atoms with Crippen LogP contribution in [0.4, 0.5) is 0 Å². The molecule has 0 aliphatic carbocycles. The van der Waals surface area contributed by atoms with Crippen LogP contribution in [0.3, 0.4) is 0 Å². The van der Waals surface area contributed by atoms with Gasteiger partial charge >= 0.3 is 0 Å². The molecule has 2 nitrogen and oxygen atoms in total. The van der Waals surface area contributed by atoms with E-state index in [1.165, 1.54) is 0 Å². The summed E-state index contributed by atoms with van der Waals surface area (Å²) in [6.07, 6.45) is 1.87. The van der Waals surface area contributed by atoms with Crippen molar-refractivity contribution in [1.82, 2.24) is 0 Å². The maximum atomic E-state index is 8.58. The van der Waals surface area contributed by atoms with Crippen molar-refractivity contribution in [2.75, 3.05) is 33.8 Å². The highest BCUT2D eigenvalue weighted by atomic mass is 35.5. The first-order valence-corrected chi connectivity index (χ1v) is 3.16. The van der Waals surface area contributed by atoms with E-state index in [2.05, 4.69) is 20.7 Å². The van der Waals surface area contributed by atoms with Crippen LogP contribution in [0.1, 0.15) is 0 Å². The van der Waals surface area contributed by atoms with Gasteiger partial charge in [-0.15, -0.1) is 12.4 Å². The lowest BCUT2D eigenvalue weighted by Gasteiger charge is -2.26. The molecule has 0 spiro atoms. The van der Waals surface area contributed by atoms with Crippen molar-refractivity contribution in [1.29, 1.82) is 0 Å². The minimum atomic E-state index is 0. The standard InChI is InChI=1S/C7H16NO.ClH/c1-4-5-8(2,3)6-7-9;/h4,9H,1,5-7H2,2-3H3;1H/q+1;. The highest BCUT2D eigenvalue weighted by molar-refractivity contribution is 5.85. The number of likely N-dealkylation sites (N-methyl/N-ethyl adjacent to an activating group) is 1. The second-order valence-electron chi connectivity index (χ2n) is 2.85. The summed E-state index contributed by atoms with van der Waals surface area (Å²) in [6, 6.07) is 0. The van der Waals surface area contributed by atoms with Gasteiger partial charge in [-0.2, -0.15) is 0 Å². The first-order chi connectivity index (χ1) is 4.12. The van der Waals surface area contributed by atoms with Crippen LogP contribution < -0.4 is 0 Å². The number of quaternary nitrogens is 1. The molecule has 0 aromatic heterocycles. The zero-order valence-electron chi connectivity index (χ0n) is 6.71. The molecule has 0 atom stereocenters. The molecule has 0 aliphatic rings. The Balaban J connectivity index is 0. The predicted octanol–water partition coefficient (Wildman–Crippen LogP) is 0.663. The van der Waals surface area contributed by atoms with Crippen LogP contribution in [-0.4, -0.2) is 43.4 Å². The van der Waals surface area contributed by atoms with Gasteiger partial charge in [-0.3, -0.25) is 0 Å². The first kappa shape index (κ1) is 12.6. The number of aliphatic hydroxyl groups is 1. The molecule has 0 aromatic carbocycles. The molecular formula is C7H17ClNO+. The van der Waals surface area contributed by atoms with Gasteiger partial charge in [0.2, 0.25) is 0 Å². The quantitative estimate of drug-likeness (QED) is 0.481. The third-order valence-corrected chi connectivity index (χ3v) is 1.33. The van der Waals surface area contributed by atoms with E-state index in [9.17, 15) is 0 Å². The third kappa shape index (κ3) is 6.08. The molecule has 3 heteroatoms. The van der Waals surface area contributed by atoms with Gasteiger partial charge in [-0.25, -0.2) is 0 Å². The minimum Gasteiger partial charge on any atom is -0.391 e. The Kier molecular flexibility index (Phi) is 7.21. The zero-order valence-corrected chi connectivity index (χ0v) is 7.52. The van der Waals surface area contributed by atoms with Gasteiger partial charge in [0.05, 0.1) is 27.2 Å². The Hall–Kier alpha value is -0.0500. The maximum absolute atomic E-state index is 8.58. The average molecular weight is 167 g/mol. The van der Waals surface area contributed by atoms with Crippen molar-refractivity contribution in [2.24, 2.45) is 0 Å². The Morgan fingerprint density at radius 3 is 2.30 bits per heavy atom. The van der Waals surface area contributed by atoms with Gasteiger partial charge in [0.15, 0.2) is 0 Å². The van der Waals surface area contributed by atoms with Crippen molar-refractivity contribution in [3.8, 4) is 0 Å². The van der Waals surface area contributed by atoms with Crippen LogP contribution in [0.5, 0.6) is 0 Å². The number of aliphatic hydroxyl groups excluding tert-OH is 1. The second-order valence-corrected chi connectivity index (χ2v) is 2.85. The smallest absolute Gasteiger partial charge is 0.102 e. The molecule has 0 aromatic rings. The van der Waals surface area contributed by atoms with Gasteiger partial charge in [-0.1, -0.05) is 6.58 Å². The Morgan fingerprint density at radius 1 is 1.50 bits per heavy atom. The molecule has 0 fully saturated rings. The summed E-state index contributed by atoms with van der Waals surface area (Å²) in [5, 5.41) is 8.58. The Morgan fingerprint density at radius 2 is 2.00 bits per heavy atom. The summed E-state index contributed by atoms with van der Waals surface area (Å²) < 4.78 is 0.819. The number of nitrogens with zero attached hydrogens (tertiary/aromatic N) is 1. The minimum absolute atomic E-state index is 0. The molecular weight excluding hydrogens is 150 g/mol. The monoisotopic (exact) mass is 166 g/mol. The van der Waals surface area contributed by atoms with E-state index in [4.69, 9.17) is 5.11 Å². The summed E-state index contributed by atoms with van der Waals surface area (Å²) in [4.78, 5) is 0. The summed E-state index contributed by atoms with van der Waals surface area (Å²) in [5.41, 5.74) is 0. The second kappa shape index (κ2) is 5.71. The molecule has 62 valence electrons. The van der Waals surface area contributed by atoms with Crippen molar-refractivity contribution >= 4 is 12.4 Å². The van der Waals surface area contributed by atoms with Crippen LogP contribution in [0.15, 0.2) is 12.7 Å². The van der Waals surface area contributed by atoms with Crippen molar-refractivity contribution in [3.63, 3.8) is 0 Å². The lowest BCUT2D eigenvalue weighted by molar-refractivity contribution is -0.884. The fourth-order valence-corrected chi connectivity index (χ4v) is 0.711. The Bertz CT molecular complexity index is 93.6. The number of hydrogen-bond acceptors (Lipinski definition) is 1. The van der Waals surface area contributed by atoms with Gasteiger partial charge in [0, 0.05) is 0 Å². The molecule has 0 saturated heterocycles. The third-order valence-electron chi connectivity index (χ3n) is 1.33. The highest BCUT2D eigenvalue weighted by Gasteiger charge is 2.09. The van der Waals surface area contributed by atoms with Crippen LogP contribution in [0.2, 0.25) is 0 Å². The summed E-state index contributed by atoms with van der Waals surface area (Å²) in [7, 11) is 4.13. The van der Waals surface area contributed by atoms with Gasteiger partial charge in [0.1, 0.15) is 6.54 Å². The number of halogens is 1. The van der Waals surface area contributed by atoms with Crippen molar-refractivity contribution in [3.05, 3.63) is 12.7 Å². The fourth-order valence-electron chi connectivity index (χ4n) is 0.711. The predicted molar refractivity (Wildman–Crippen MR) is 46.4 cm³/mol. The summed E-state index contributed by atoms with van der Waals surface area (Å²) in [5.74, 6) is 0. The molecule has 0 heterocycles. The zero-order chi connectivity index (χ0) is 7.33. The van der Waals surface area contributed by atoms with E-state index in [-0.39, 0.29) is 19.0 Å². The largest absolute Gasteiger partial charge is 0.391 e. The molecule has 0 aliphatic heterocycles. The molecule has 10 heavy (non-hydrogen) atoms. The van der Waals surface area contributed by atoms with E-state index in [0.717, 1.165) is 17.6 Å². The van der Waals surface area contributed by atoms with E-state index < -0.39 is 0 Å². The van der Waals surface area contributed by atoms with Crippen molar-refractivity contribution in [2.45, 2.75) is 0 Å². The molecule has 0 radical (unpaired) electrons. The van der Waals surface area contributed by atoms with Crippen LogP contribution >= 0.6 is 12.4 Å². The van der Waals surface area contributed by atoms with Crippen LogP contribution in [0.25, 0.3) is 0 Å². The van der Waals surface area contributed by atoms with Gasteiger partial charge in [-0.05, 0) is 6.08 Å². The molecule has 1 N–H and O–H groups in total. The lowest BCUT2D eigenvalue weighted by Crippen LogP contribution is -2.41. The summed E-state index contributed by atoms with van der Waals surface area (Å²) >= 11 is 0.